The van der Waals surface area contributed by atoms with Crippen molar-refractivity contribution in [1.82, 2.24) is 9.78 Å². The van der Waals surface area contributed by atoms with Gasteiger partial charge in [-0.15, -0.1) is 0 Å². The number of rotatable bonds is 4. The van der Waals surface area contributed by atoms with Gasteiger partial charge >= 0.3 is 0 Å². The van der Waals surface area contributed by atoms with Gasteiger partial charge in [0, 0.05) is 24.2 Å². The maximum absolute atomic E-state index is 5.38. The number of fused-ring (bicyclic) bond motifs is 1. The molecular weight excluding hydrogens is 254 g/mol. The molecule has 1 N–H and O–H groups in total. The molecule has 0 saturated heterocycles. The summed E-state index contributed by atoms with van der Waals surface area (Å²) in [5.41, 5.74) is 3.39. The van der Waals surface area contributed by atoms with E-state index >= 15 is 0 Å². The minimum atomic E-state index is 0.732. The summed E-state index contributed by atoms with van der Waals surface area (Å²) >= 11 is 0. The summed E-state index contributed by atoms with van der Waals surface area (Å²) in [6.07, 6.45) is 1.01. The second kappa shape index (κ2) is 5.07. The minimum absolute atomic E-state index is 0.732. The van der Waals surface area contributed by atoms with E-state index in [1.807, 2.05) is 22.9 Å². The molecule has 20 heavy (non-hydrogen) atoms. The highest BCUT2D eigenvalue weighted by atomic mass is 16.5. The molecule has 0 bridgehead atoms. The molecule has 0 radical (unpaired) electrons. The maximum atomic E-state index is 5.38. The van der Waals surface area contributed by atoms with Crippen LogP contribution in [0.3, 0.4) is 0 Å². The summed E-state index contributed by atoms with van der Waals surface area (Å²) < 4.78 is 12.7. The second-order valence-corrected chi connectivity index (χ2v) is 4.74. The van der Waals surface area contributed by atoms with E-state index < -0.39 is 0 Å². The minimum Gasteiger partial charge on any atom is -0.493 e. The first-order valence-corrected chi connectivity index (χ1v) is 6.84. The number of hydrogen-bond donors (Lipinski definition) is 1. The van der Waals surface area contributed by atoms with Crippen molar-refractivity contribution < 1.29 is 9.47 Å². The van der Waals surface area contributed by atoms with Gasteiger partial charge in [-0.3, -0.25) is 0 Å². The molecule has 0 unspecified atom stereocenters. The third-order valence-electron chi connectivity index (χ3n) is 3.67. The van der Waals surface area contributed by atoms with Crippen LogP contribution in [0.5, 0.6) is 11.5 Å². The molecule has 0 atom stereocenters. The molecule has 0 saturated carbocycles. The van der Waals surface area contributed by atoms with Crippen LogP contribution in [0.25, 0.3) is 11.3 Å². The fourth-order valence-electron chi connectivity index (χ4n) is 2.68. The zero-order valence-electron chi connectivity index (χ0n) is 12.1. The number of ether oxygens (including phenoxy) is 2. The Morgan fingerprint density at radius 3 is 2.75 bits per heavy atom. The summed E-state index contributed by atoms with van der Waals surface area (Å²) in [6, 6.07) is 5.94. The van der Waals surface area contributed by atoms with Crippen LogP contribution in [0.15, 0.2) is 18.2 Å². The van der Waals surface area contributed by atoms with Gasteiger partial charge in [-0.2, -0.15) is 5.10 Å². The van der Waals surface area contributed by atoms with E-state index in [1.54, 1.807) is 14.2 Å². The Morgan fingerprint density at radius 2 is 2.05 bits per heavy atom. The summed E-state index contributed by atoms with van der Waals surface area (Å²) in [7, 11) is 3.29. The van der Waals surface area contributed by atoms with Gasteiger partial charge in [0.15, 0.2) is 11.5 Å². The number of nitrogens with one attached hydrogen (secondary N) is 1. The lowest BCUT2D eigenvalue weighted by Gasteiger charge is -2.09. The summed E-state index contributed by atoms with van der Waals surface area (Å²) in [4.78, 5) is 0. The zero-order valence-corrected chi connectivity index (χ0v) is 12.1. The van der Waals surface area contributed by atoms with Crippen LogP contribution in [0.1, 0.15) is 12.5 Å². The van der Waals surface area contributed by atoms with Gasteiger partial charge in [-0.1, -0.05) is 0 Å². The molecule has 1 aliphatic rings. The number of methoxy groups -OCH3 is 2. The molecule has 0 spiro atoms. The lowest BCUT2D eigenvalue weighted by atomic mass is 10.1. The molecule has 1 aromatic heterocycles. The predicted molar refractivity (Wildman–Crippen MR) is 78.6 cm³/mol. The fraction of sp³-hybridized carbons (Fsp3) is 0.400. The van der Waals surface area contributed by atoms with E-state index in [2.05, 4.69) is 12.2 Å². The molecule has 3 rings (SSSR count). The highest BCUT2D eigenvalue weighted by Gasteiger charge is 2.23. The van der Waals surface area contributed by atoms with Crippen LogP contribution in [-0.4, -0.2) is 30.5 Å². The summed E-state index contributed by atoms with van der Waals surface area (Å²) in [6.45, 7) is 3.95. The van der Waals surface area contributed by atoms with Gasteiger partial charge in [0.1, 0.15) is 5.82 Å². The average Bonchev–Trinajstić information content (AvgIpc) is 3.08. The Balaban J connectivity index is 2.10. The molecule has 2 heterocycles. The number of anilines is 1. The predicted octanol–water partition coefficient (Wildman–Crippen LogP) is 2.56. The van der Waals surface area contributed by atoms with Crippen molar-refractivity contribution in [3.8, 4) is 22.8 Å². The van der Waals surface area contributed by atoms with E-state index in [1.165, 1.54) is 5.56 Å². The number of aromatic nitrogens is 2. The lowest BCUT2D eigenvalue weighted by Crippen LogP contribution is -2.04. The Hall–Kier alpha value is -2.17. The highest BCUT2D eigenvalue weighted by Crippen LogP contribution is 2.36. The van der Waals surface area contributed by atoms with Gasteiger partial charge in [0.05, 0.1) is 19.9 Å². The molecule has 1 aromatic carbocycles. The van der Waals surface area contributed by atoms with Crippen molar-refractivity contribution in [2.24, 2.45) is 0 Å². The fourth-order valence-corrected chi connectivity index (χ4v) is 2.68. The third kappa shape index (κ3) is 1.90. The number of hydrogen-bond acceptors (Lipinski definition) is 4. The van der Waals surface area contributed by atoms with Crippen molar-refractivity contribution in [1.29, 1.82) is 0 Å². The highest BCUT2D eigenvalue weighted by molar-refractivity contribution is 5.73. The first kappa shape index (κ1) is 12.8. The van der Waals surface area contributed by atoms with E-state index in [-0.39, 0.29) is 0 Å². The maximum Gasteiger partial charge on any atom is 0.161 e. The van der Waals surface area contributed by atoms with Crippen molar-refractivity contribution in [3.05, 3.63) is 23.8 Å². The zero-order chi connectivity index (χ0) is 14.1. The Morgan fingerprint density at radius 1 is 1.25 bits per heavy atom. The van der Waals surface area contributed by atoms with Crippen LogP contribution < -0.4 is 14.8 Å². The summed E-state index contributed by atoms with van der Waals surface area (Å²) in [5, 5.41) is 8.11. The quantitative estimate of drug-likeness (QED) is 0.930. The van der Waals surface area contributed by atoms with Crippen LogP contribution in [0.2, 0.25) is 0 Å². The van der Waals surface area contributed by atoms with Crippen molar-refractivity contribution in [2.45, 2.75) is 19.9 Å². The van der Waals surface area contributed by atoms with E-state index in [0.29, 0.717) is 0 Å². The van der Waals surface area contributed by atoms with Gasteiger partial charge < -0.3 is 14.8 Å². The topological polar surface area (TPSA) is 48.3 Å². The molecule has 0 amide bonds. The molecule has 1 aliphatic heterocycles. The Bertz CT molecular complexity index is 634. The smallest absolute Gasteiger partial charge is 0.161 e. The number of aryl methyl sites for hydroxylation is 1. The molecule has 5 nitrogen and oxygen atoms in total. The van der Waals surface area contributed by atoms with Gasteiger partial charge in [-0.25, -0.2) is 4.68 Å². The van der Waals surface area contributed by atoms with Gasteiger partial charge in [0.25, 0.3) is 0 Å². The third-order valence-corrected chi connectivity index (χ3v) is 3.67. The summed E-state index contributed by atoms with van der Waals surface area (Å²) in [5.74, 6) is 2.62. The van der Waals surface area contributed by atoms with Crippen molar-refractivity contribution in [3.63, 3.8) is 0 Å². The average molecular weight is 273 g/mol. The largest absolute Gasteiger partial charge is 0.493 e. The molecular formula is C15H19N3O2. The van der Waals surface area contributed by atoms with E-state index in [9.17, 15) is 0 Å². The normalized spacial score (nSPS) is 12.9. The van der Waals surface area contributed by atoms with Gasteiger partial charge in [-0.05, 0) is 31.5 Å². The number of nitrogens with zero attached hydrogens (tertiary/aromatic N) is 2. The molecule has 0 aliphatic carbocycles. The van der Waals surface area contributed by atoms with Crippen LogP contribution >= 0.6 is 0 Å². The molecule has 2 aromatic rings. The SMILES string of the molecule is CCn1nc(-c2ccc(OC)c(OC)c2)c2c1NCC2. The first-order valence-electron chi connectivity index (χ1n) is 6.84. The monoisotopic (exact) mass is 273 g/mol. The Kier molecular flexibility index (Phi) is 3.26. The Labute approximate surface area is 118 Å². The van der Waals surface area contributed by atoms with Crippen molar-refractivity contribution in [2.75, 3.05) is 26.1 Å². The first-order chi connectivity index (χ1) is 9.78. The molecule has 106 valence electrons. The van der Waals surface area contributed by atoms with Crippen LogP contribution in [-0.2, 0) is 13.0 Å². The van der Waals surface area contributed by atoms with Crippen LogP contribution in [0, 0.1) is 0 Å². The molecule has 0 fully saturated rings. The standard InChI is InChI=1S/C15H19N3O2/c1-4-18-15-11(7-8-16-15)14(17-18)10-5-6-12(19-2)13(9-10)20-3/h5-6,9,16H,4,7-8H2,1-3H3. The second-order valence-electron chi connectivity index (χ2n) is 4.74. The lowest BCUT2D eigenvalue weighted by molar-refractivity contribution is 0.355. The van der Waals surface area contributed by atoms with Crippen LogP contribution in [0.4, 0.5) is 5.82 Å². The molecule has 5 heteroatoms. The van der Waals surface area contributed by atoms with Gasteiger partial charge in [0.2, 0.25) is 0 Å². The number of benzene rings is 1. The van der Waals surface area contributed by atoms with E-state index in [0.717, 1.165) is 48.1 Å². The van der Waals surface area contributed by atoms with Crippen molar-refractivity contribution >= 4 is 5.82 Å². The van der Waals surface area contributed by atoms with E-state index in [4.69, 9.17) is 14.6 Å².